The molecule has 2 aromatic carbocycles. The highest BCUT2D eigenvalue weighted by Gasteiger charge is 2.04. The van der Waals surface area contributed by atoms with Gasteiger partial charge in [-0.2, -0.15) is 0 Å². The van der Waals surface area contributed by atoms with E-state index in [4.69, 9.17) is 18.9 Å². The van der Waals surface area contributed by atoms with Crippen LogP contribution >= 0.6 is 0 Å². The summed E-state index contributed by atoms with van der Waals surface area (Å²) in [6.45, 7) is 7.70. The molecule has 0 spiro atoms. The fourth-order valence-electron chi connectivity index (χ4n) is 2.17. The molecule has 4 heteroatoms. The lowest BCUT2D eigenvalue weighted by Crippen LogP contribution is -2.07. The summed E-state index contributed by atoms with van der Waals surface area (Å²) in [5.74, 6) is 1.72. The smallest absolute Gasteiger partial charge is 0.127 e. The molecule has 0 amide bonds. The van der Waals surface area contributed by atoms with Gasteiger partial charge in [0.1, 0.15) is 24.7 Å². The molecule has 22 heavy (non-hydrogen) atoms. The monoisotopic (exact) mass is 304 g/mol. The topological polar surface area (TPSA) is 36.9 Å². The van der Waals surface area contributed by atoms with Crippen molar-refractivity contribution >= 4 is 10.8 Å². The highest BCUT2D eigenvalue weighted by Crippen LogP contribution is 2.28. The minimum atomic E-state index is 0.555. The highest BCUT2D eigenvalue weighted by atomic mass is 16.5. The first-order valence-corrected chi connectivity index (χ1v) is 7.79. The lowest BCUT2D eigenvalue weighted by molar-refractivity contribution is 0.110. The van der Waals surface area contributed by atoms with E-state index in [1.165, 1.54) is 0 Å². The van der Waals surface area contributed by atoms with Crippen molar-refractivity contribution in [1.29, 1.82) is 0 Å². The Labute approximate surface area is 131 Å². The molecule has 0 aliphatic heterocycles. The quantitative estimate of drug-likeness (QED) is 0.628. The predicted octanol–water partition coefficient (Wildman–Crippen LogP) is 3.67. The average molecular weight is 304 g/mol. The van der Waals surface area contributed by atoms with Crippen molar-refractivity contribution in [2.75, 3.05) is 39.6 Å². The molecule has 0 saturated heterocycles. The number of hydrogen-bond donors (Lipinski definition) is 0. The van der Waals surface area contributed by atoms with Gasteiger partial charge in [-0.05, 0) is 43.5 Å². The van der Waals surface area contributed by atoms with Crippen LogP contribution in [0.2, 0.25) is 0 Å². The van der Waals surface area contributed by atoms with E-state index in [1.807, 2.05) is 44.2 Å². The molecule has 0 fully saturated rings. The Kier molecular flexibility index (Phi) is 7.00. The van der Waals surface area contributed by atoms with E-state index in [1.54, 1.807) is 0 Å². The average Bonchev–Trinajstić information content (AvgIpc) is 2.55. The van der Waals surface area contributed by atoms with Gasteiger partial charge in [-0.1, -0.05) is 12.1 Å². The second-order valence-electron chi connectivity index (χ2n) is 4.73. The summed E-state index contributed by atoms with van der Waals surface area (Å²) in [7, 11) is 0. The molecule has 0 unspecified atom stereocenters. The normalized spacial score (nSPS) is 10.8. The Morgan fingerprint density at radius 2 is 1.50 bits per heavy atom. The van der Waals surface area contributed by atoms with Gasteiger partial charge in [0.2, 0.25) is 0 Å². The summed E-state index contributed by atoms with van der Waals surface area (Å²) in [6.07, 6.45) is 0. The van der Waals surface area contributed by atoms with Crippen molar-refractivity contribution in [2.45, 2.75) is 13.8 Å². The minimum absolute atomic E-state index is 0.555. The highest BCUT2D eigenvalue weighted by molar-refractivity contribution is 5.89. The maximum absolute atomic E-state index is 5.79. The van der Waals surface area contributed by atoms with Gasteiger partial charge in [0.25, 0.3) is 0 Å². The van der Waals surface area contributed by atoms with Gasteiger partial charge in [-0.3, -0.25) is 0 Å². The van der Waals surface area contributed by atoms with Crippen LogP contribution in [0.1, 0.15) is 13.8 Å². The number of benzene rings is 2. The molecular weight excluding hydrogens is 280 g/mol. The molecule has 0 N–H and O–H groups in total. The Balaban J connectivity index is 2.00. The van der Waals surface area contributed by atoms with Crippen LogP contribution in [0.15, 0.2) is 36.4 Å². The third-order valence-corrected chi connectivity index (χ3v) is 3.20. The largest absolute Gasteiger partial charge is 0.491 e. The van der Waals surface area contributed by atoms with E-state index in [2.05, 4.69) is 6.07 Å². The van der Waals surface area contributed by atoms with Gasteiger partial charge in [-0.15, -0.1) is 0 Å². The van der Waals surface area contributed by atoms with E-state index >= 15 is 0 Å². The van der Waals surface area contributed by atoms with E-state index in [-0.39, 0.29) is 0 Å². The number of rotatable bonds is 10. The first-order valence-electron chi connectivity index (χ1n) is 7.79. The van der Waals surface area contributed by atoms with E-state index in [9.17, 15) is 0 Å². The lowest BCUT2D eigenvalue weighted by Gasteiger charge is -2.11. The van der Waals surface area contributed by atoms with E-state index < -0.39 is 0 Å². The molecule has 0 aromatic heterocycles. The molecule has 0 atom stereocenters. The first-order chi connectivity index (χ1) is 10.8. The van der Waals surface area contributed by atoms with Crippen molar-refractivity contribution in [3.63, 3.8) is 0 Å². The van der Waals surface area contributed by atoms with Crippen molar-refractivity contribution in [1.82, 2.24) is 0 Å². The second-order valence-corrected chi connectivity index (χ2v) is 4.73. The molecule has 0 radical (unpaired) electrons. The zero-order valence-electron chi connectivity index (χ0n) is 13.3. The van der Waals surface area contributed by atoms with Crippen molar-refractivity contribution in [3.05, 3.63) is 36.4 Å². The molecular formula is C18H24O4. The number of fused-ring (bicyclic) bond motifs is 1. The molecule has 0 heterocycles. The first kappa shape index (κ1) is 16.6. The summed E-state index contributed by atoms with van der Waals surface area (Å²) in [6, 6.07) is 12.0. The molecule has 2 aromatic rings. The Morgan fingerprint density at radius 1 is 0.773 bits per heavy atom. The minimum Gasteiger partial charge on any atom is -0.491 e. The van der Waals surface area contributed by atoms with Gasteiger partial charge < -0.3 is 18.9 Å². The standard InChI is InChI=1S/C18H24O4/c1-3-19-10-12-21-16-8-9-17-15(14-16)6-5-7-18(17)22-13-11-20-4-2/h5-9,14H,3-4,10-13H2,1-2H3. The zero-order valence-corrected chi connectivity index (χ0v) is 13.3. The second kappa shape index (κ2) is 9.28. The van der Waals surface area contributed by atoms with Crippen LogP contribution in [0.3, 0.4) is 0 Å². The number of hydrogen-bond acceptors (Lipinski definition) is 4. The van der Waals surface area contributed by atoms with Crippen LogP contribution < -0.4 is 9.47 Å². The lowest BCUT2D eigenvalue weighted by atomic mass is 10.1. The summed E-state index contributed by atoms with van der Waals surface area (Å²) in [5, 5.41) is 2.18. The summed E-state index contributed by atoms with van der Waals surface area (Å²) >= 11 is 0. The van der Waals surface area contributed by atoms with Gasteiger partial charge in [0.05, 0.1) is 13.2 Å². The Bertz CT molecular complexity index is 568. The molecule has 4 nitrogen and oxygen atoms in total. The summed E-state index contributed by atoms with van der Waals surface area (Å²) in [5.41, 5.74) is 0. The van der Waals surface area contributed by atoms with Crippen molar-refractivity contribution < 1.29 is 18.9 Å². The molecule has 0 bridgehead atoms. The zero-order chi connectivity index (χ0) is 15.6. The third-order valence-electron chi connectivity index (χ3n) is 3.20. The molecule has 2 rings (SSSR count). The maximum Gasteiger partial charge on any atom is 0.127 e. The molecule has 0 saturated carbocycles. The predicted molar refractivity (Wildman–Crippen MR) is 87.9 cm³/mol. The van der Waals surface area contributed by atoms with Crippen LogP contribution in [0, 0.1) is 0 Å². The van der Waals surface area contributed by atoms with Gasteiger partial charge >= 0.3 is 0 Å². The van der Waals surface area contributed by atoms with Crippen LogP contribution in [0.4, 0.5) is 0 Å². The molecule has 0 aliphatic rings. The van der Waals surface area contributed by atoms with Gasteiger partial charge in [0.15, 0.2) is 0 Å². The molecule has 0 aliphatic carbocycles. The third kappa shape index (κ3) is 4.90. The Morgan fingerprint density at radius 3 is 2.23 bits per heavy atom. The molecule has 120 valence electrons. The van der Waals surface area contributed by atoms with Crippen LogP contribution in [0.5, 0.6) is 11.5 Å². The van der Waals surface area contributed by atoms with Crippen LogP contribution in [0.25, 0.3) is 10.8 Å². The van der Waals surface area contributed by atoms with Gasteiger partial charge in [0, 0.05) is 18.6 Å². The van der Waals surface area contributed by atoms with Crippen LogP contribution in [-0.2, 0) is 9.47 Å². The van der Waals surface area contributed by atoms with Crippen molar-refractivity contribution in [3.8, 4) is 11.5 Å². The van der Waals surface area contributed by atoms with Crippen LogP contribution in [-0.4, -0.2) is 39.6 Å². The number of ether oxygens (including phenoxy) is 4. The van der Waals surface area contributed by atoms with Gasteiger partial charge in [-0.25, -0.2) is 0 Å². The fraction of sp³-hybridized carbons (Fsp3) is 0.444. The summed E-state index contributed by atoms with van der Waals surface area (Å²) in [4.78, 5) is 0. The fourth-order valence-corrected chi connectivity index (χ4v) is 2.17. The van der Waals surface area contributed by atoms with E-state index in [0.717, 1.165) is 22.3 Å². The summed E-state index contributed by atoms with van der Waals surface area (Å²) < 4.78 is 22.0. The van der Waals surface area contributed by atoms with Crippen molar-refractivity contribution in [2.24, 2.45) is 0 Å². The Hall–Kier alpha value is -1.78. The maximum atomic E-state index is 5.79. The SMILES string of the molecule is CCOCCOc1ccc2c(OCCOCC)cccc2c1. The van der Waals surface area contributed by atoms with E-state index in [0.29, 0.717) is 39.6 Å².